The Balaban J connectivity index is 1.70. The molecule has 1 saturated heterocycles. The van der Waals surface area contributed by atoms with Gasteiger partial charge in [0, 0.05) is 55.2 Å². The summed E-state index contributed by atoms with van der Waals surface area (Å²) in [5.74, 6) is 0.794. The van der Waals surface area contributed by atoms with Crippen LogP contribution in [-0.4, -0.2) is 55.4 Å². The molecule has 1 fully saturated rings. The fourth-order valence-corrected chi connectivity index (χ4v) is 3.15. The first kappa shape index (κ1) is 21.2. The van der Waals surface area contributed by atoms with Crippen molar-refractivity contribution in [2.45, 2.75) is 32.7 Å². The summed E-state index contributed by atoms with van der Waals surface area (Å²) in [5.41, 5.74) is 0.770. The molecule has 1 aromatic carbocycles. The minimum atomic E-state index is -0.0603. The lowest BCUT2D eigenvalue weighted by molar-refractivity contribution is -0.133. The van der Waals surface area contributed by atoms with E-state index in [1.807, 2.05) is 43.0 Å². The molecule has 1 heterocycles. The van der Waals surface area contributed by atoms with Gasteiger partial charge in [-0.05, 0) is 30.7 Å². The Kier molecular flexibility index (Phi) is 8.09. The molecule has 0 aromatic heterocycles. The Morgan fingerprint density at radius 3 is 2.63 bits per heavy atom. The van der Waals surface area contributed by atoms with Gasteiger partial charge in [-0.25, -0.2) is 0 Å². The van der Waals surface area contributed by atoms with Crippen LogP contribution in [0, 0.1) is 5.92 Å². The van der Waals surface area contributed by atoms with E-state index in [4.69, 9.17) is 0 Å². The third-order valence-electron chi connectivity index (χ3n) is 4.33. The van der Waals surface area contributed by atoms with Crippen molar-refractivity contribution in [3.8, 4) is 0 Å². The first-order valence-corrected chi connectivity index (χ1v) is 9.99. The largest absolute Gasteiger partial charge is 0.356 e. The number of carbonyl (C=O) groups excluding carboxylic acids is 2. The van der Waals surface area contributed by atoms with Gasteiger partial charge in [0.1, 0.15) is 0 Å². The van der Waals surface area contributed by atoms with Crippen molar-refractivity contribution in [3.05, 3.63) is 28.7 Å². The summed E-state index contributed by atoms with van der Waals surface area (Å²) in [5, 5.41) is 9.34. The Morgan fingerprint density at radius 2 is 2.00 bits per heavy atom. The third kappa shape index (κ3) is 6.86. The van der Waals surface area contributed by atoms with Crippen LogP contribution in [0.4, 0.5) is 5.69 Å². The van der Waals surface area contributed by atoms with Crippen LogP contribution in [0.5, 0.6) is 0 Å². The molecule has 0 radical (unpaired) electrons. The van der Waals surface area contributed by atoms with Gasteiger partial charge in [-0.2, -0.15) is 0 Å². The highest BCUT2D eigenvalue weighted by atomic mass is 79.9. The van der Waals surface area contributed by atoms with Gasteiger partial charge in [0.15, 0.2) is 5.96 Å². The summed E-state index contributed by atoms with van der Waals surface area (Å²) in [4.78, 5) is 30.2. The van der Waals surface area contributed by atoms with Crippen molar-refractivity contribution in [3.63, 3.8) is 0 Å². The van der Waals surface area contributed by atoms with E-state index in [0.29, 0.717) is 25.5 Å². The average molecular weight is 438 g/mol. The van der Waals surface area contributed by atoms with Crippen molar-refractivity contribution in [2.75, 3.05) is 32.0 Å². The molecular formula is C19H28BrN5O2. The lowest BCUT2D eigenvalue weighted by atomic mass is 10.2. The van der Waals surface area contributed by atoms with Gasteiger partial charge in [-0.15, -0.1) is 0 Å². The van der Waals surface area contributed by atoms with E-state index in [0.717, 1.165) is 23.1 Å². The van der Waals surface area contributed by atoms with Gasteiger partial charge in [0.2, 0.25) is 11.8 Å². The highest BCUT2D eigenvalue weighted by Crippen LogP contribution is 2.14. The van der Waals surface area contributed by atoms with Gasteiger partial charge in [-0.3, -0.25) is 14.6 Å². The number of nitrogens with zero attached hydrogens (tertiary/aromatic N) is 2. The topological polar surface area (TPSA) is 85.8 Å². The number of halogens is 1. The summed E-state index contributed by atoms with van der Waals surface area (Å²) in [7, 11) is 1.70. The first-order chi connectivity index (χ1) is 12.9. The number of anilines is 1. The molecule has 3 N–H and O–H groups in total. The molecule has 0 spiro atoms. The fourth-order valence-electron chi connectivity index (χ4n) is 2.88. The zero-order chi connectivity index (χ0) is 19.8. The second-order valence-electron chi connectivity index (χ2n) is 6.87. The maximum atomic E-state index is 12.1. The van der Waals surface area contributed by atoms with Crippen LogP contribution >= 0.6 is 15.9 Å². The zero-order valence-corrected chi connectivity index (χ0v) is 17.7. The van der Waals surface area contributed by atoms with Crippen molar-refractivity contribution >= 4 is 39.4 Å². The number of benzene rings is 1. The number of aliphatic imine (C=N–C) groups is 1. The van der Waals surface area contributed by atoms with Crippen molar-refractivity contribution in [1.29, 1.82) is 0 Å². The van der Waals surface area contributed by atoms with Crippen LogP contribution in [-0.2, 0) is 9.59 Å². The number of guanidine groups is 1. The molecule has 1 aliphatic heterocycles. The summed E-state index contributed by atoms with van der Waals surface area (Å²) in [6.45, 7) is 5.76. The van der Waals surface area contributed by atoms with Crippen LogP contribution < -0.4 is 16.0 Å². The van der Waals surface area contributed by atoms with E-state index in [9.17, 15) is 9.59 Å². The molecule has 0 bridgehead atoms. The van der Waals surface area contributed by atoms with Crippen LogP contribution in [0.3, 0.4) is 0 Å². The SMILES string of the molecule is CN=C(NCCC(=O)Nc1ccc(Br)cc1)NC1CCN(C(=O)C(C)C)C1. The number of likely N-dealkylation sites (tertiary alicyclic amines) is 1. The molecule has 0 aliphatic carbocycles. The highest BCUT2D eigenvalue weighted by molar-refractivity contribution is 9.10. The minimum Gasteiger partial charge on any atom is -0.356 e. The zero-order valence-electron chi connectivity index (χ0n) is 16.1. The summed E-state index contributed by atoms with van der Waals surface area (Å²) < 4.78 is 0.970. The Labute approximate surface area is 169 Å². The van der Waals surface area contributed by atoms with E-state index in [1.54, 1.807) is 7.05 Å². The van der Waals surface area contributed by atoms with E-state index >= 15 is 0 Å². The van der Waals surface area contributed by atoms with Crippen molar-refractivity contribution in [1.82, 2.24) is 15.5 Å². The van der Waals surface area contributed by atoms with Gasteiger partial charge in [0.05, 0.1) is 0 Å². The lowest BCUT2D eigenvalue weighted by Crippen LogP contribution is -2.45. The van der Waals surface area contributed by atoms with Gasteiger partial charge in [-0.1, -0.05) is 29.8 Å². The van der Waals surface area contributed by atoms with E-state index in [-0.39, 0.29) is 23.8 Å². The molecule has 1 aromatic rings. The number of amides is 2. The van der Waals surface area contributed by atoms with Crippen molar-refractivity contribution < 1.29 is 9.59 Å². The maximum Gasteiger partial charge on any atom is 0.226 e. The second kappa shape index (κ2) is 10.3. The molecule has 148 valence electrons. The predicted molar refractivity (Wildman–Crippen MR) is 112 cm³/mol. The molecule has 1 unspecified atom stereocenters. The molecule has 2 amide bonds. The molecule has 1 aliphatic rings. The smallest absolute Gasteiger partial charge is 0.226 e. The average Bonchev–Trinajstić information content (AvgIpc) is 3.10. The summed E-state index contributed by atoms with van der Waals surface area (Å²) in [6.07, 6.45) is 1.22. The number of nitrogens with one attached hydrogen (secondary N) is 3. The first-order valence-electron chi connectivity index (χ1n) is 9.20. The van der Waals surface area contributed by atoms with Gasteiger partial charge >= 0.3 is 0 Å². The Hall–Kier alpha value is -2.09. The van der Waals surface area contributed by atoms with Crippen LogP contribution in [0.2, 0.25) is 0 Å². The van der Waals surface area contributed by atoms with Gasteiger partial charge < -0.3 is 20.9 Å². The van der Waals surface area contributed by atoms with Gasteiger partial charge in [0.25, 0.3) is 0 Å². The third-order valence-corrected chi connectivity index (χ3v) is 4.86. The fraction of sp³-hybridized carbons (Fsp3) is 0.526. The van der Waals surface area contributed by atoms with Crippen LogP contribution in [0.15, 0.2) is 33.7 Å². The normalized spacial score (nSPS) is 17.1. The van der Waals surface area contributed by atoms with Crippen LogP contribution in [0.25, 0.3) is 0 Å². The highest BCUT2D eigenvalue weighted by Gasteiger charge is 2.27. The minimum absolute atomic E-state index is 0.0189. The molecule has 27 heavy (non-hydrogen) atoms. The Morgan fingerprint density at radius 1 is 1.30 bits per heavy atom. The lowest BCUT2D eigenvalue weighted by Gasteiger charge is -2.20. The molecule has 7 nitrogen and oxygen atoms in total. The van der Waals surface area contributed by atoms with E-state index in [2.05, 4.69) is 36.9 Å². The number of rotatable bonds is 6. The number of carbonyl (C=O) groups is 2. The van der Waals surface area contributed by atoms with E-state index < -0.39 is 0 Å². The predicted octanol–water partition coefficient (Wildman–Crippen LogP) is 2.20. The summed E-state index contributed by atoms with van der Waals surface area (Å²) >= 11 is 3.37. The Bertz CT molecular complexity index is 675. The quantitative estimate of drug-likeness (QED) is 0.470. The standard InChI is InChI=1S/C19H28BrN5O2/c1-13(2)18(27)25-11-9-16(12-25)24-19(21-3)22-10-8-17(26)23-15-6-4-14(20)5-7-15/h4-7,13,16H,8-12H2,1-3H3,(H,23,26)(H2,21,22,24). The molecule has 1 atom stereocenters. The molecule has 8 heteroatoms. The van der Waals surface area contributed by atoms with Crippen molar-refractivity contribution in [2.24, 2.45) is 10.9 Å². The molecule has 0 saturated carbocycles. The summed E-state index contributed by atoms with van der Waals surface area (Å²) in [6, 6.07) is 7.64. The van der Waals surface area contributed by atoms with Crippen LogP contribution in [0.1, 0.15) is 26.7 Å². The maximum absolute atomic E-state index is 12.1. The van der Waals surface area contributed by atoms with E-state index in [1.165, 1.54) is 0 Å². The monoisotopic (exact) mass is 437 g/mol. The molecule has 2 rings (SSSR count). The number of hydrogen-bond donors (Lipinski definition) is 3. The molecular weight excluding hydrogens is 410 g/mol. The number of hydrogen-bond acceptors (Lipinski definition) is 3. The second-order valence-corrected chi connectivity index (χ2v) is 7.79.